The summed E-state index contributed by atoms with van der Waals surface area (Å²) in [6.45, 7) is 0.463. The van der Waals surface area contributed by atoms with Crippen LogP contribution in [-0.2, 0) is 11.3 Å². The van der Waals surface area contributed by atoms with Crippen molar-refractivity contribution in [2.45, 2.75) is 13.0 Å². The minimum absolute atomic E-state index is 0.256. The van der Waals surface area contributed by atoms with Crippen molar-refractivity contribution >= 4 is 27.7 Å². The Labute approximate surface area is 136 Å². The third kappa shape index (κ3) is 2.42. The number of hydrogen-bond donors (Lipinski definition) is 2. The van der Waals surface area contributed by atoms with E-state index in [0.717, 1.165) is 32.9 Å². The predicted octanol–water partition coefficient (Wildman–Crippen LogP) is 3.20. The SMILES string of the molecule is NC(=O)CCn1ncc2cc(-c3c[nH]c4cc(F)ccc34)ccc21. The van der Waals surface area contributed by atoms with E-state index in [-0.39, 0.29) is 18.1 Å². The number of rotatable bonds is 4. The third-order valence-electron chi connectivity index (χ3n) is 4.17. The first-order valence-corrected chi connectivity index (χ1v) is 7.63. The van der Waals surface area contributed by atoms with Crippen molar-refractivity contribution < 1.29 is 9.18 Å². The summed E-state index contributed by atoms with van der Waals surface area (Å²) in [5.74, 6) is -0.608. The number of nitrogens with one attached hydrogen (secondary N) is 1. The van der Waals surface area contributed by atoms with Crippen LogP contribution in [0.1, 0.15) is 6.42 Å². The van der Waals surface area contributed by atoms with Crippen molar-refractivity contribution in [3.05, 3.63) is 54.6 Å². The molecule has 0 radical (unpaired) electrons. The number of aryl methyl sites for hydroxylation is 1. The molecule has 2 aromatic heterocycles. The number of halogens is 1. The quantitative estimate of drug-likeness (QED) is 0.605. The molecule has 6 heteroatoms. The molecule has 0 unspecified atom stereocenters. The molecule has 4 rings (SSSR count). The molecule has 2 heterocycles. The van der Waals surface area contributed by atoms with Gasteiger partial charge in [0.1, 0.15) is 5.82 Å². The number of primary amides is 1. The number of amides is 1. The number of fused-ring (bicyclic) bond motifs is 2. The average Bonchev–Trinajstić information content (AvgIpc) is 3.15. The molecule has 0 atom stereocenters. The molecule has 0 aliphatic carbocycles. The molecule has 0 saturated carbocycles. The minimum atomic E-state index is -0.346. The number of nitrogens with zero attached hydrogens (tertiary/aromatic N) is 2. The van der Waals surface area contributed by atoms with Crippen LogP contribution >= 0.6 is 0 Å². The molecule has 120 valence electrons. The molecule has 2 aromatic carbocycles. The van der Waals surface area contributed by atoms with Crippen LogP contribution in [0.15, 0.2) is 48.8 Å². The maximum Gasteiger partial charge on any atom is 0.219 e. The van der Waals surface area contributed by atoms with Crippen LogP contribution in [0.3, 0.4) is 0 Å². The first-order chi connectivity index (χ1) is 11.6. The Kier molecular flexibility index (Phi) is 3.30. The first kappa shape index (κ1) is 14.4. The maximum atomic E-state index is 13.3. The lowest BCUT2D eigenvalue weighted by atomic mass is 10.0. The van der Waals surface area contributed by atoms with Crippen molar-refractivity contribution in [1.82, 2.24) is 14.8 Å². The van der Waals surface area contributed by atoms with E-state index in [1.165, 1.54) is 12.1 Å². The van der Waals surface area contributed by atoms with E-state index >= 15 is 0 Å². The van der Waals surface area contributed by atoms with E-state index in [4.69, 9.17) is 5.73 Å². The fourth-order valence-corrected chi connectivity index (χ4v) is 2.99. The van der Waals surface area contributed by atoms with Gasteiger partial charge in [0, 0.05) is 34.5 Å². The number of hydrogen-bond acceptors (Lipinski definition) is 2. The van der Waals surface area contributed by atoms with Crippen LogP contribution in [0, 0.1) is 5.82 Å². The first-order valence-electron chi connectivity index (χ1n) is 7.63. The van der Waals surface area contributed by atoms with Gasteiger partial charge in [-0.05, 0) is 35.9 Å². The highest BCUT2D eigenvalue weighted by molar-refractivity contribution is 5.97. The number of H-pyrrole nitrogens is 1. The molecule has 5 nitrogen and oxygen atoms in total. The molecule has 0 fully saturated rings. The fourth-order valence-electron chi connectivity index (χ4n) is 2.99. The number of carbonyl (C=O) groups excluding carboxylic acids is 1. The molecule has 1 amide bonds. The van der Waals surface area contributed by atoms with Gasteiger partial charge < -0.3 is 10.7 Å². The van der Waals surface area contributed by atoms with E-state index < -0.39 is 0 Å². The van der Waals surface area contributed by atoms with Gasteiger partial charge in [0.05, 0.1) is 18.3 Å². The second-order valence-corrected chi connectivity index (χ2v) is 5.75. The van der Waals surface area contributed by atoms with E-state index in [0.29, 0.717) is 6.54 Å². The lowest BCUT2D eigenvalue weighted by Gasteiger charge is -2.03. The predicted molar refractivity (Wildman–Crippen MR) is 90.8 cm³/mol. The fraction of sp³-hybridized carbons (Fsp3) is 0.111. The molecule has 0 spiro atoms. The summed E-state index contributed by atoms with van der Waals surface area (Å²) < 4.78 is 15.1. The number of nitrogens with two attached hydrogens (primary N) is 1. The topological polar surface area (TPSA) is 76.7 Å². The minimum Gasteiger partial charge on any atom is -0.370 e. The molecular formula is C18H15FN4O. The van der Waals surface area contributed by atoms with Gasteiger partial charge in [-0.15, -0.1) is 0 Å². The summed E-state index contributed by atoms with van der Waals surface area (Å²) in [5, 5.41) is 6.26. The van der Waals surface area contributed by atoms with Crippen molar-refractivity contribution in [3.8, 4) is 11.1 Å². The van der Waals surface area contributed by atoms with E-state index in [2.05, 4.69) is 10.1 Å². The van der Waals surface area contributed by atoms with Crippen molar-refractivity contribution in [2.24, 2.45) is 5.73 Å². The Morgan fingerprint density at radius 2 is 2.12 bits per heavy atom. The van der Waals surface area contributed by atoms with Crippen LogP contribution in [0.25, 0.3) is 32.9 Å². The van der Waals surface area contributed by atoms with Crippen LogP contribution in [0.5, 0.6) is 0 Å². The highest BCUT2D eigenvalue weighted by Crippen LogP contribution is 2.31. The van der Waals surface area contributed by atoms with E-state index in [1.807, 2.05) is 24.4 Å². The molecule has 0 aliphatic heterocycles. The van der Waals surface area contributed by atoms with Gasteiger partial charge in [-0.25, -0.2) is 4.39 Å². The zero-order valence-corrected chi connectivity index (χ0v) is 12.8. The molecule has 0 bridgehead atoms. The second-order valence-electron chi connectivity index (χ2n) is 5.75. The summed E-state index contributed by atoms with van der Waals surface area (Å²) in [5.41, 5.74) is 8.94. The second kappa shape index (κ2) is 5.49. The zero-order chi connectivity index (χ0) is 16.7. The Hall–Kier alpha value is -3.15. The summed E-state index contributed by atoms with van der Waals surface area (Å²) in [6, 6.07) is 10.7. The monoisotopic (exact) mass is 322 g/mol. The van der Waals surface area contributed by atoms with Gasteiger partial charge in [-0.1, -0.05) is 6.07 Å². The molecular weight excluding hydrogens is 307 g/mol. The number of benzene rings is 2. The molecule has 0 aliphatic rings. The standard InChI is InChI=1S/C18H15FN4O/c19-13-2-3-14-15(10-21-16(14)8-13)11-1-4-17-12(7-11)9-22-23(17)6-5-18(20)24/h1-4,7-10,21H,5-6H2,(H2,20,24). The lowest BCUT2D eigenvalue weighted by Crippen LogP contribution is -2.14. The van der Waals surface area contributed by atoms with Crippen molar-refractivity contribution in [2.75, 3.05) is 0 Å². The zero-order valence-electron chi connectivity index (χ0n) is 12.8. The van der Waals surface area contributed by atoms with Gasteiger partial charge >= 0.3 is 0 Å². The molecule has 0 saturated heterocycles. The number of aromatic amines is 1. The number of aromatic nitrogens is 3. The Bertz CT molecular complexity index is 1060. The van der Waals surface area contributed by atoms with Gasteiger partial charge in [0.2, 0.25) is 5.91 Å². The van der Waals surface area contributed by atoms with E-state index in [9.17, 15) is 9.18 Å². The maximum absolute atomic E-state index is 13.3. The Balaban J connectivity index is 1.76. The van der Waals surface area contributed by atoms with Gasteiger partial charge in [0.15, 0.2) is 0 Å². The third-order valence-corrected chi connectivity index (χ3v) is 4.17. The molecule has 4 aromatic rings. The van der Waals surface area contributed by atoms with Gasteiger partial charge in [0.25, 0.3) is 0 Å². The van der Waals surface area contributed by atoms with Crippen LogP contribution < -0.4 is 5.73 Å². The number of carbonyl (C=O) groups is 1. The van der Waals surface area contributed by atoms with E-state index in [1.54, 1.807) is 16.9 Å². The summed E-state index contributed by atoms with van der Waals surface area (Å²) >= 11 is 0. The van der Waals surface area contributed by atoms with Gasteiger partial charge in [-0.2, -0.15) is 5.10 Å². The van der Waals surface area contributed by atoms with Crippen molar-refractivity contribution in [3.63, 3.8) is 0 Å². The largest absolute Gasteiger partial charge is 0.370 e. The smallest absolute Gasteiger partial charge is 0.219 e. The average molecular weight is 322 g/mol. The Morgan fingerprint density at radius 1 is 1.25 bits per heavy atom. The Morgan fingerprint density at radius 3 is 2.96 bits per heavy atom. The summed E-state index contributed by atoms with van der Waals surface area (Å²) in [6.07, 6.45) is 3.91. The van der Waals surface area contributed by atoms with Gasteiger partial charge in [-0.3, -0.25) is 9.48 Å². The molecule has 3 N–H and O–H groups in total. The van der Waals surface area contributed by atoms with Crippen LogP contribution in [-0.4, -0.2) is 20.7 Å². The summed E-state index contributed by atoms with van der Waals surface area (Å²) in [4.78, 5) is 14.0. The lowest BCUT2D eigenvalue weighted by molar-refractivity contribution is -0.118. The highest BCUT2D eigenvalue weighted by atomic mass is 19.1. The normalized spacial score (nSPS) is 11.4. The molecule has 24 heavy (non-hydrogen) atoms. The van der Waals surface area contributed by atoms with Crippen LogP contribution in [0.4, 0.5) is 4.39 Å². The summed E-state index contributed by atoms with van der Waals surface area (Å²) in [7, 11) is 0. The van der Waals surface area contributed by atoms with Crippen molar-refractivity contribution in [1.29, 1.82) is 0 Å². The highest BCUT2D eigenvalue weighted by Gasteiger charge is 2.10. The van der Waals surface area contributed by atoms with Crippen LogP contribution in [0.2, 0.25) is 0 Å².